The van der Waals surface area contributed by atoms with Gasteiger partial charge < -0.3 is 0 Å². The maximum absolute atomic E-state index is 13.2. The smallest absolute Gasteiger partial charge is 0.234 e. The molecular weight excluding hydrogens is 297 g/mol. The largest absolute Gasteiger partial charge is 0.287 e. The van der Waals surface area contributed by atoms with Gasteiger partial charge in [0.15, 0.2) is 0 Å². The van der Waals surface area contributed by atoms with Crippen molar-refractivity contribution in [1.82, 2.24) is 14.4 Å². The van der Waals surface area contributed by atoms with Crippen LogP contribution in [0, 0.1) is 12.7 Å². The molecule has 18 heavy (non-hydrogen) atoms. The summed E-state index contributed by atoms with van der Waals surface area (Å²) in [6.07, 6.45) is 3.59. The maximum Gasteiger partial charge on any atom is 0.234 e. The lowest BCUT2D eigenvalue weighted by atomic mass is 10.1. The number of hydrogen-bond acceptors (Lipinski definition) is 2. The summed E-state index contributed by atoms with van der Waals surface area (Å²) in [5.41, 5.74) is 2.44. The highest BCUT2D eigenvalue weighted by atomic mass is 79.9. The molecule has 0 bridgehead atoms. The summed E-state index contributed by atoms with van der Waals surface area (Å²) in [4.78, 5) is 8.65. The molecule has 3 nitrogen and oxygen atoms in total. The summed E-state index contributed by atoms with van der Waals surface area (Å²) in [6.45, 7) is 1.94. The van der Waals surface area contributed by atoms with E-state index in [0.29, 0.717) is 5.78 Å². The summed E-state index contributed by atoms with van der Waals surface area (Å²) in [5, 5.41) is 0. The van der Waals surface area contributed by atoms with Gasteiger partial charge in [0.2, 0.25) is 5.78 Å². The van der Waals surface area contributed by atoms with Crippen LogP contribution in [0.4, 0.5) is 4.39 Å². The first-order chi connectivity index (χ1) is 8.65. The quantitative estimate of drug-likeness (QED) is 0.687. The molecule has 0 saturated heterocycles. The Kier molecular flexibility index (Phi) is 2.63. The molecule has 5 heteroatoms. The molecule has 0 fully saturated rings. The molecule has 0 atom stereocenters. The molecule has 0 amide bonds. The first-order valence-electron chi connectivity index (χ1n) is 5.41. The number of nitrogens with zero attached hydrogens (tertiary/aromatic N) is 3. The highest BCUT2D eigenvalue weighted by Crippen LogP contribution is 2.24. The minimum absolute atomic E-state index is 0.266. The van der Waals surface area contributed by atoms with E-state index >= 15 is 0 Å². The zero-order valence-corrected chi connectivity index (χ0v) is 11.1. The van der Waals surface area contributed by atoms with Gasteiger partial charge in [0.05, 0.1) is 10.2 Å². The molecule has 0 aliphatic rings. The van der Waals surface area contributed by atoms with Gasteiger partial charge in [0.1, 0.15) is 5.82 Å². The van der Waals surface area contributed by atoms with E-state index in [9.17, 15) is 4.39 Å². The fourth-order valence-corrected chi connectivity index (χ4v) is 2.24. The Labute approximate surface area is 111 Å². The van der Waals surface area contributed by atoms with E-state index in [-0.39, 0.29) is 5.82 Å². The van der Waals surface area contributed by atoms with Crippen molar-refractivity contribution in [2.24, 2.45) is 0 Å². The molecule has 90 valence electrons. The Bertz CT molecular complexity index is 736. The van der Waals surface area contributed by atoms with Crippen molar-refractivity contribution in [1.29, 1.82) is 0 Å². The highest BCUT2D eigenvalue weighted by Gasteiger charge is 2.11. The Balaban J connectivity index is 2.27. The average Bonchev–Trinajstić information content (AvgIpc) is 2.67. The number of halogens is 2. The van der Waals surface area contributed by atoms with Gasteiger partial charge in [-0.05, 0) is 35.0 Å². The molecule has 0 saturated carbocycles. The number of hydrogen-bond donors (Lipinski definition) is 0. The molecule has 2 aromatic heterocycles. The Morgan fingerprint density at radius 2 is 2.17 bits per heavy atom. The van der Waals surface area contributed by atoms with Gasteiger partial charge in [-0.1, -0.05) is 12.1 Å². The summed E-state index contributed by atoms with van der Waals surface area (Å²) >= 11 is 3.37. The molecule has 0 spiro atoms. The highest BCUT2D eigenvalue weighted by molar-refractivity contribution is 9.10. The van der Waals surface area contributed by atoms with Crippen LogP contribution in [0.5, 0.6) is 0 Å². The van der Waals surface area contributed by atoms with Gasteiger partial charge in [-0.15, -0.1) is 0 Å². The fraction of sp³-hybridized carbons (Fsp3) is 0.0769. The second kappa shape index (κ2) is 4.17. The van der Waals surface area contributed by atoms with E-state index in [1.54, 1.807) is 12.3 Å². The molecule has 0 aliphatic carbocycles. The lowest BCUT2D eigenvalue weighted by Gasteiger charge is -1.99. The number of aromatic nitrogens is 3. The predicted molar refractivity (Wildman–Crippen MR) is 70.8 cm³/mol. The molecule has 1 aromatic carbocycles. The first kappa shape index (κ1) is 11.3. The fourth-order valence-electron chi connectivity index (χ4n) is 1.93. The monoisotopic (exact) mass is 305 g/mol. The van der Waals surface area contributed by atoms with Gasteiger partial charge >= 0.3 is 0 Å². The lowest BCUT2D eigenvalue weighted by Crippen LogP contribution is -1.89. The standard InChI is InChI=1S/C13H9BrFN3/c1-8-12(9-3-2-4-11(15)5-9)17-13-16-6-10(14)7-18(8)13/h2-7H,1H3. The van der Waals surface area contributed by atoms with Crippen molar-refractivity contribution in [2.45, 2.75) is 6.92 Å². The van der Waals surface area contributed by atoms with Crippen molar-refractivity contribution in [3.05, 3.63) is 52.6 Å². The number of benzene rings is 1. The van der Waals surface area contributed by atoms with E-state index in [1.165, 1.54) is 12.1 Å². The van der Waals surface area contributed by atoms with Crippen molar-refractivity contribution < 1.29 is 4.39 Å². The second-order valence-corrected chi connectivity index (χ2v) is 4.91. The van der Waals surface area contributed by atoms with Crippen LogP contribution < -0.4 is 0 Å². The molecule has 3 aromatic rings. The summed E-state index contributed by atoms with van der Waals surface area (Å²) in [7, 11) is 0. The van der Waals surface area contributed by atoms with E-state index in [4.69, 9.17) is 0 Å². The van der Waals surface area contributed by atoms with Crippen LogP contribution in [-0.4, -0.2) is 14.4 Å². The van der Waals surface area contributed by atoms with Gasteiger partial charge in [0, 0.05) is 23.7 Å². The van der Waals surface area contributed by atoms with Crippen LogP contribution in [0.15, 0.2) is 41.1 Å². The molecule has 0 radical (unpaired) electrons. The summed E-state index contributed by atoms with van der Waals surface area (Å²) < 4.78 is 16.0. The van der Waals surface area contributed by atoms with E-state index in [0.717, 1.165) is 21.4 Å². The van der Waals surface area contributed by atoms with E-state index in [1.807, 2.05) is 23.6 Å². The van der Waals surface area contributed by atoms with Crippen molar-refractivity contribution in [3.8, 4) is 11.3 Å². The third-order valence-corrected chi connectivity index (χ3v) is 3.19. The minimum atomic E-state index is -0.266. The average molecular weight is 306 g/mol. The minimum Gasteiger partial charge on any atom is -0.287 e. The topological polar surface area (TPSA) is 30.2 Å². The van der Waals surface area contributed by atoms with Gasteiger partial charge in [0.25, 0.3) is 0 Å². The number of aryl methyl sites for hydroxylation is 1. The van der Waals surface area contributed by atoms with Crippen LogP contribution in [-0.2, 0) is 0 Å². The zero-order valence-electron chi connectivity index (χ0n) is 9.56. The second-order valence-electron chi connectivity index (χ2n) is 4.00. The summed E-state index contributed by atoms with van der Waals surface area (Å²) in [6, 6.07) is 6.41. The molecule has 3 rings (SSSR count). The number of imidazole rings is 1. The van der Waals surface area contributed by atoms with Crippen molar-refractivity contribution >= 4 is 21.7 Å². The lowest BCUT2D eigenvalue weighted by molar-refractivity contribution is 0.628. The molecular formula is C13H9BrFN3. The number of fused-ring (bicyclic) bond motifs is 1. The van der Waals surface area contributed by atoms with Crippen LogP contribution >= 0.6 is 15.9 Å². The van der Waals surface area contributed by atoms with Crippen LogP contribution in [0.25, 0.3) is 17.0 Å². The van der Waals surface area contributed by atoms with Crippen LogP contribution in [0.2, 0.25) is 0 Å². The predicted octanol–water partition coefficient (Wildman–Crippen LogP) is 3.61. The third kappa shape index (κ3) is 1.80. The molecule has 0 unspecified atom stereocenters. The SMILES string of the molecule is Cc1c(-c2cccc(F)c2)nc2ncc(Br)cn12. The van der Waals surface area contributed by atoms with Gasteiger partial charge in [-0.3, -0.25) is 4.40 Å². The van der Waals surface area contributed by atoms with Crippen molar-refractivity contribution in [3.63, 3.8) is 0 Å². The van der Waals surface area contributed by atoms with Crippen LogP contribution in [0.3, 0.4) is 0 Å². The van der Waals surface area contributed by atoms with E-state index < -0.39 is 0 Å². The molecule has 0 aliphatic heterocycles. The Morgan fingerprint density at radius 1 is 1.33 bits per heavy atom. The summed E-state index contributed by atoms with van der Waals surface area (Å²) in [5.74, 6) is 0.341. The molecule has 2 heterocycles. The van der Waals surface area contributed by atoms with E-state index in [2.05, 4.69) is 25.9 Å². The Hall–Kier alpha value is -1.75. The number of rotatable bonds is 1. The molecule has 0 N–H and O–H groups in total. The first-order valence-corrected chi connectivity index (χ1v) is 6.20. The Morgan fingerprint density at radius 3 is 2.94 bits per heavy atom. The van der Waals surface area contributed by atoms with Crippen molar-refractivity contribution in [2.75, 3.05) is 0 Å². The normalized spacial score (nSPS) is 11.1. The third-order valence-electron chi connectivity index (χ3n) is 2.79. The van der Waals surface area contributed by atoms with Crippen LogP contribution in [0.1, 0.15) is 5.69 Å². The van der Waals surface area contributed by atoms with Gasteiger partial charge in [-0.2, -0.15) is 0 Å². The van der Waals surface area contributed by atoms with Gasteiger partial charge in [-0.25, -0.2) is 14.4 Å². The zero-order chi connectivity index (χ0) is 12.7. The maximum atomic E-state index is 13.2.